The summed E-state index contributed by atoms with van der Waals surface area (Å²) in [4.78, 5) is 11.5. The van der Waals surface area contributed by atoms with Crippen LogP contribution >= 0.6 is 0 Å². The lowest BCUT2D eigenvalue weighted by atomic mass is 10.1. The van der Waals surface area contributed by atoms with Crippen molar-refractivity contribution >= 4 is 28.1 Å². The fraction of sp³-hybridized carbons (Fsp3) is 0.346. The Labute approximate surface area is 173 Å². The molecule has 0 unspecified atom stereocenters. The van der Waals surface area contributed by atoms with Gasteiger partial charge in [-0.2, -0.15) is 0 Å². The van der Waals surface area contributed by atoms with E-state index in [-0.39, 0.29) is 0 Å². The summed E-state index contributed by atoms with van der Waals surface area (Å²) < 4.78 is 4.79. The van der Waals surface area contributed by atoms with Gasteiger partial charge in [-0.05, 0) is 51.3 Å². The van der Waals surface area contributed by atoms with Gasteiger partial charge in [0.15, 0.2) is 6.29 Å². The second kappa shape index (κ2) is 8.28. The van der Waals surface area contributed by atoms with Gasteiger partial charge < -0.3 is 9.13 Å². The summed E-state index contributed by atoms with van der Waals surface area (Å²) in [5.74, 6) is 0. The van der Waals surface area contributed by atoms with E-state index >= 15 is 0 Å². The second-order valence-electron chi connectivity index (χ2n) is 8.08. The van der Waals surface area contributed by atoms with Crippen LogP contribution in [0, 0.1) is 20.8 Å². The zero-order valence-electron chi connectivity index (χ0n) is 17.7. The number of fused-ring (bicyclic) bond motifs is 2. The van der Waals surface area contributed by atoms with Crippen LogP contribution in [-0.2, 0) is 13.1 Å². The Morgan fingerprint density at radius 1 is 0.690 bits per heavy atom. The number of nitrogens with zero attached hydrogens (tertiary/aromatic N) is 2. The molecular formula is C26H30N2O. The molecule has 0 aliphatic heterocycles. The Morgan fingerprint density at radius 3 is 1.83 bits per heavy atom. The van der Waals surface area contributed by atoms with Crippen LogP contribution < -0.4 is 0 Å². The Morgan fingerprint density at radius 2 is 1.21 bits per heavy atom. The molecule has 2 aromatic heterocycles. The van der Waals surface area contributed by atoms with Crippen LogP contribution in [0.2, 0.25) is 0 Å². The first-order valence-electron chi connectivity index (χ1n) is 10.7. The minimum Gasteiger partial charge on any atom is -0.345 e. The van der Waals surface area contributed by atoms with Crippen molar-refractivity contribution < 1.29 is 4.79 Å². The lowest BCUT2D eigenvalue weighted by Gasteiger charge is -2.10. The first-order chi connectivity index (χ1) is 14.1. The van der Waals surface area contributed by atoms with Gasteiger partial charge in [0.05, 0.1) is 0 Å². The number of hydrogen-bond acceptors (Lipinski definition) is 1. The van der Waals surface area contributed by atoms with E-state index in [1.54, 1.807) is 0 Å². The predicted molar refractivity (Wildman–Crippen MR) is 122 cm³/mol. The van der Waals surface area contributed by atoms with Crippen LogP contribution in [0.25, 0.3) is 21.8 Å². The van der Waals surface area contributed by atoms with Crippen LogP contribution in [0.4, 0.5) is 0 Å². The Balaban J connectivity index is 1.35. The molecule has 0 aliphatic rings. The number of benzene rings is 2. The number of unbranched alkanes of at least 4 members (excludes halogenated alkanes) is 3. The number of aryl methyl sites for hydroxylation is 3. The van der Waals surface area contributed by atoms with Crippen molar-refractivity contribution in [1.82, 2.24) is 9.13 Å². The average molecular weight is 387 g/mol. The van der Waals surface area contributed by atoms with Gasteiger partial charge in [0.25, 0.3) is 0 Å². The van der Waals surface area contributed by atoms with Crippen molar-refractivity contribution in [2.75, 3.05) is 0 Å². The molecule has 0 N–H and O–H groups in total. The summed E-state index contributed by atoms with van der Waals surface area (Å²) in [6, 6.07) is 17.0. The van der Waals surface area contributed by atoms with Crippen molar-refractivity contribution in [2.45, 2.75) is 59.5 Å². The molecule has 0 spiro atoms. The van der Waals surface area contributed by atoms with Crippen LogP contribution in [0.15, 0.2) is 48.5 Å². The van der Waals surface area contributed by atoms with E-state index < -0.39 is 0 Å². The summed E-state index contributed by atoms with van der Waals surface area (Å²) in [7, 11) is 0. The molecule has 0 atom stereocenters. The number of para-hydroxylation sites is 2. The Hall–Kier alpha value is -2.81. The molecule has 4 aromatic rings. The highest BCUT2D eigenvalue weighted by molar-refractivity contribution is 5.99. The normalized spacial score (nSPS) is 11.6. The standard InChI is InChI=1S/C26H30N2O/c1-19-20(2)27(25-14-8-6-12-22(19)25)16-10-4-5-11-17-28-21(3)24(18-29)23-13-7-9-15-26(23)28/h6-9,12-15,18H,4-5,10-11,16-17H2,1-3H3. The zero-order chi connectivity index (χ0) is 20.4. The zero-order valence-corrected chi connectivity index (χ0v) is 17.7. The van der Waals surface area contributed by atoms with Gasteiger partial charge in [-0.25, -0.2) is 0 Å². The number of rotatable bonds is 8. The third-order valence-electron chi connectivity index (χ3n) is 6.46. The largest absolute Gasteiger partial charge is 0.345 e. The van der Waals surface area contributed by atoms with E-state index in [4.69, 9.17) is 0 Å². The maximum atomic E-state index is 11.5. The number of carbonyl (C=O) groups is 1. The molecule has 29 heavy (non-hydrogen) atoms. The summed E-state index contributed by atoms with van der Waals surface area (Å²) in [6.45, 7) is 8.59. The highest BCUT2D eigenvalue weighted by Gasteiger charge is 2.13. The fourth-order valence-electron chi connectivity index (χ4n) is 4.68. The molecule has 3 nitrogen and oxygen atoms in total. The van der Waals surface area contributed by atoms with Crippen molar-refractivity contribution in [2.24, 2.45) is 0 Å². The van der Waals surface area contributed by atoms with Crippen molar-refractivity contribution in [1.29, 1.82) is 0 Å². The first kappa shape index (κ1) is 19.5. The van der Waals surface area contributed by atoms with E-state index in [9.17, 15) is 4.79 Å². The molecule has 150 valence electrons. The molecule has 2 aromatic carbocycles. The van der Waals surface area contributed by atoms with Crippen LogP contribution in [0.3, 0.4) is 0 Å². The molecular weight excluding hydrogens is 356 g/mol. The highest BCUT2D eigenvalue weighted by atomic mass is 16.1. The third kappa shape index (κ3) is 3.50. The molecule has 0 radical (unpaired) electrons. The van der Waals surface area contributed by atoms with Crippen LogP contribution in [0.5, 0.6) is 0 Å². The molecule has 3 heteroatoms. The van der Waals surface area contributed by atoms with Crippen molar-refractivity contribution in [3.05, 3.63) is 71.0 Å². The minimum absolute atomic E-state index is 0.839. The second-order valence-corrected chi connectivity index (χ2v) is 8.08. The molecule has 0 saturated carbocycles. The van der Waals surface area contributed by atoms with Gasteiger partial charge in [0.1, 0.15) is 0 Å². The minimum atomic E-state index is 0.839. The highest BCUT2D eigenvalue weighted by Crippen LogP contribution is 2.26. The number of carbonyl (C=O) groups excluding carboxylic acids is 1. The molecule has 0 aliphatic carbocycles. The van der Waals surface area contributed by atoms with Gasteiger partial charge in [-0.1, -0.05) is 49.2 Å². The smallest absolute Gasteiger partial charge is 0.152 e. The topological polar surface area (TPSA) is 26.9 Å². The molecule has 2 heterocycles. The Kier molecular flexibility index (Phi) is 5.57. The SMILES string of the molecule is Cc1c(C)n(CCCCCCn2c(C)c(C=O)c3ccccc32)c2ccccc12. The summed E-state index contributed by atoms with van der Waals surface area (Å²) >= 11 is 0. The number of aromatic nitrogens is 2. The fourth-order valence-corrected chi connectivity index (χ4v) is 4.68. The van der Waals surface area contributed by atoms with Crippen LogP contribution in [-0.4, -0.2) is 15.4 Å². The van der Waals surface area contributed by atoms with Crippen molar-refractivity contribution in [3.8, 4) is 0 Å². The predicted octanol–water partition coefficient (Wildman–Crippen LogP) is 6.59. The number of aldehydes is 1. The van der Waals surface area contributed by atoms with Gasteiger partial charge in [-0.15, -0.1) is 0 Å². The summed E-state index contributed by atoms with van der Waals surface area (Å²) in [5, 5.41) is 2.45. The summed E-state index contributed by atoms with van der Waals surface area (Å²) in [6.07, 6.45) is 5.77. The third-order valence-corrected chi connectivity index (χ3v) is 6.46. The molecule has 0 amide bonds. The molecule has 0 bridgehead atoms. The van der Waals surface area contributed by atoms with Gasteiger partial charge in [0.2, 0.25) is 0 Å². The lowest BCUT2D eigenvalue weighted by molar-refractivity contribution is 0.112. The summed E-state index contributed by atoms with van der Waals surface area (Å²) in [5.41, 5.74) is 7.26. The van der Waals surface area contributed by atoms with E-state index in [1.165, 1.54) is 46.9 Å². The molecule has 0 saturated heterocycles. The average Bonchev–Trinajstić information content (AvgIpc) is 3.16. The first-order valence-corrected chi connectivity index (χ1v) is 10.7. The van der Waals surface area contributed by atoms with Crippen molar-refractivity contribution in [3.63, 3.8) is 0 Å². The van der Waals surface area contributed by atoms with E-state index in [2.05, 4.69) is 66.3 Å². The lowest BCUT2D eigenvalue weighted by Crippen LogP contribution is -2.02. The maximum absolute atomic E-state index is 11.5. The van der Waals surface area contributed by atoms with Gasteiger partial charge in [-0.3, -0.25) is 4.79 Å². The van der Waals surface area contributed by atoms with E-state index in [1.807, 2.05) is 12.1 Å². The molecule has 4 rings (SSSR count). The van der Waals surface area contributed by atoms with Gasteiger partial charge >= 0.3 is 0 Å². The molecule has 0 fully saturated rings. The quantitative estimate of drug-likeness (QED) is 0.248. The van der Waals surface area contributed by atoms with Gasteiger partial charge in [0, 0.05) is 51.8 Å². The monoisotopic (exact) mass is 386 g/mol. The Bertz CT molecular complexity index is 1160. The van der Waals surface area contributed by atoms with E-state index in [0.717, 1.165) is 42.4 Å². The van der Waals surface area contributed by atoms with E-state index in [0.29, 0.717) is 0 Å². The maximum Gasteiger partial charge on any atom is 0.152 e. The number of hydrogen-bond donors (Lipinski definition) is 0. The van der Waals surface area contributed by atoms with Crippen LogP contribution in [0.1, 0.15) is 53.0 Å².